The van der Waals surface area contributed by atoms with Crippen LogP contribution in [0.3, 0.4) is 0 Å². The number of nitrogens with zero attached hydrogens (tertiary/aromatic N) is 2. The molecule has 0 bridgehead atoms. The third kappa shape index (κ3) is 2.43. The summed E-state index contributed by atoms with van der Waals surface area (Å²) in [6.07, 6.45) is 3.20. The molecule has 0 spiro atoms. The van der Waals surface area contributed by atoms with Gasteiger partial charge in [0, 0.05) is 11.4 Å². The second-order valence-corrected chi connectivity index (χ2v) is 5.00. The molecule has 0 aliphatic carbocycles. The molecular weight excluding hydrogens is 264 g/mol. The Morgan fingerprint density at radius 2 is 2.42 bits per heavy atom. The van der Waals surface area contributed by atoms with Crippen molar-refractivity contribution < 1.29 is 4.74 Å². The van der Waals surface area contributed by atoms with Crippen LogP contribution in [0.1, 0.15) is 23.0 Å². The predicted molar refractivity (Wildman–Crippen MR) is 72.5 cm³/mol. The van der Waals surface area contributed by atoms with Crippen molar-refractivity contribution in [2.24, 2.45) is 0 Å². The van der Waals surface area contributed by atoms with Crippen LogP contribution in [0.4, 0.5) is 0 Å². The Morgan fingerprint density at radius 1 is 1.53 bits per heavy atom. The third-order valence-electron chi connectivity index (χ3n) is 3.36. The molecule has 100 valence electrons. The van der Waals surface area contributed by atoms with Gasteiger partial charge in [-0.25, -0.2) is 4.98 Å². The van der Waals surface area contributed by atoms with Gasteiger partial charge in [0.15, 0.2) is 0 Å². The lowest BCUT2D eigenvalue weighted by atomic mass is 10.0. The lowest BCUT2D eigenvalue weighted by Gasteiger charge is -2.15. The summed E-state index contributed by atoms with van der Waals surface area (Å²) >= 11 is 6.17. The Morgan fingerprint density at radius 3 is 3.16 bits per heavy atom. The van der Waals surface area contributed by atoms with E-state index in [2.05, 4.69) is 20.5 Å². The number of ether oxygens (including phenoxy) is 1. The first-order valence-electron chi connectivity index (χ1n) is 6.24. The SMILES string of the molecule is CNC(Cc1cc(Cl)cc2c1OCC2)c1ncn[nH]1. The molecule has 3 rings (SSSR count). The van der Waals surface area contributed by atoms with Gasteiger partial charge in [-0.15, -0.1) is 0 Å². The molecule has 5 nitrogen and oxygen atoms in total. The molecule has 19 heavy (non-hydrogen) atoms. The van der Waals surface area contributed by atoms with E-state index in [-0.39, 0.29) is 6.04 Å². The molecule has 0 fully saturated rings. The van der Waals surface area contributed by atoms with E-state index in [4.69, 9.17) is 16.3 Å². The summed E-state index contributed by atoms with van der Waals surface area (Å²) in [4.78, 5) is 4.20. The first-order chi connectivity index (χ1) is 9.28. The van der Waals surface area contributed by atoms with Crippen LogP contribution in [0.2, 0.25) is 5.02 Å². The Kier molecular flexibility index (Phi) is 3.40. The highest BCUT2D eigenvalue weighted by atomic mass is 35.5. The minimum atomic E-state index is 0.0641. The summed E-state index contributed by atoms with van der Waals surface area (Å²) in [5.74, 6) is 1.79. The standard InChI is InChI=1S/C13H15ClN4O/c1-15-11(13-16-7-17-18-13)6-9-5-10(14)4-8-2-3-19-12(8)9/h4-5,7,11,15H,2-3,6H2,1H3,(H,16,17,18). The van der Waals surface area contributed by atoms with Crippen molar-refractivity contribution in [1.29, 1.82) is 0 Å². The number of aromatic amines is 1. The minimum absolute atomic E-state index is 0.0641. The molecule has 0 saturated heterocycles. The van der Waals surface area contributed by atoms with Gasteiger partial charge in [-0.05, 0) is 36.7 Å². The van der Waals surface area contributed by atoms with Gasteiger partial charge in [0.2, 0.25) is 0 Å². The van der Waals surface area contributed by atoms with Gasteiger partial charge in [0.1, 0.15) is 17.9 Å². The van der Waals surface area contributed by atoms with Gasteiger partial charge in [-0.1, -0.05) is 11.6 Å². The van der Waals surface area contributed by atoms with E-state index in [1.54, 1.807) is 0 Å². The summed E-state index contributed by atoms with van der Waals surface area (Å²) in [7, 11) is 1.90. The number of halogens is 1. The van der Waals surface area contributed by atoms with Crippen LogP contribution in [-0.2, 0) is 12.8 Å². The highest BCUT2D eigenvalue weighted by Gasteiger charge is 2.21. The van der Waals surface area contributed by atoms with Crippen LogP contribution >= 0.6 is 11.6 Å². The number of aromatic nitrogens is 3. The van der Waals surface area contributed by atoms with Gasteiger partial charge >= 0.3 is 0 Å². The van der Waals surface area contributed by atoms with Crippen molar-refractivity contribution in [3.63, 3.8) is 0 Å². The Balaban J connectivity index is 1.90. The van der Waals surface area contributed by atoms with Crippen LogP contribution in [0.15, 0.2) is 18.5 Å². The van der Waals surface area contributed by atoms with Crippen molar-refractivity contribution in [3.8, 4) is 5.75 Å². The molecule has 0 saturated carbocycles. The smallest absolute Gasteiger partial charge is 0.141 e. The zero-order valence-corrected chi connectivity index (χ0v) is 11.4. The Labute approximate surface area is 116 Å². The van der Waals surface area contributed by atoms with Crippen molar-refractivity contribution in [2.45, 2.75) is 18.9 Å². The van der Waals surface area contributed by atoms with Gasteiger partial charge in [-0.2, -0.15) is 5.10 Å². The van der Waals surface area contributed by atoms with E-state index in [1.807, 2.05) is 19.2 Å². The normalized spacial score (nSPS) is 15.1. The second kappa shape index (κ2) is 5.19. The highest BCUT2D eigenvalue weighted by molar-refractivity contribution is 6.30. The van der Waals surface area contributed by atoms with Crippen molar-refractivity contribution in [3.05, 3.63) is 40.4 Å². The number of likely N-dealkylation sites (N-methyl/N-ethyl adjacent to an activating group) is 1. The highest BCUT2D eigenvalue weighted by Crippen LogP contribution is 2.34. The number of H-pyrrole nitrogens is 1. The third-order valence-corrected chi connectivity index (χ3v) is 3.58. The van der Waals surface area contributed by atoms with Gasteiger partial charge in [0.25, 0.3) is 0 Å². The fourth-order valence-electron chi connectivity index (χ4n) is 2.44. The van der Waals surface area contributed by atoms with Crippen LogP contribution in [0.5, 0.6) is 5.75 Å². The first-order valence-corrected chi connectivity index (χ1v) is 6.62. The number of hydrogen-bond acceptors (Lipinski definition) is 4. The molecule has 6 heteroatoms. The molecule has 2 aromatic rings. The van der Waals surface area contributed by atoms with Crippen LogP contribution in [0.25, 0.3) is 0 Å². The number of benzene rings is 1. The molecule has 2 N–H and O–H groups in total. The van der Waals surface area contributed by atoms with E-state index in [0.717, 1.165) is 41.6 Å². The van der Waals surface area contributed by atoms with E-state index < -0.39 is 0 Å². The number of rotatable bonds is 4. The van der Waals surface area contributed by atoms with Crippen LogP contribution in [-0.4, -0.2) is 28.8 Å². The van der Waals surface area contributed by atoms with Crippen molar-refractivity contribution in [1.82, 2.24) is 20.5 Å². The number of hydrogen-bond donors (Lipinski definition) is 2. The summed E-state index contributed by atoms with van der Waals surface area (Å²) in [5, 5.41) is 10.8. The van der Waals surface area contributed by atoms with E-state index in [0.29, 0.717) is 0 Å². The molecule has 1 aliphatic rings. The monoisotopic (exact) mass is 278 g/mol. The summed E-state index contributed by atoms with van der Waals surface area (Å²) in [6.45, 7) is 0.731. The predicted octanol–water partition coefficient (Wildman–Crippen LogP) is 1.90. The molecule has 1 aromatic heterocycles. The van der Waals surface area contributed by atoms with Gasteiger partial charge in [-0.3, -0.25) is 5.10 Å². The molecule has 2 heterocycles. The quantitative estimate of drug-likeness (QED) is 0.897. The minimum Gasteiger partial charge on any atom is -0.493 e. The van der Waals surface area contributed by atoms with Crippen molar-refractivity contribution in [2.75, 3.05) is 13.7 Å². The lowest BCUT2D eigenvalue weighted by molar-refractivity contribution is 0.351. The maximum atomic E-state index is 6.17. The molecule has 1 aliphatic heterocycles. The summed E-state index contributed by atoms with van der Waals surface area (Å²) in [5.41, 5.74) is 2.30. The number of nitrogens with one attached hydrogen (secondary N) is 2. The average molecular weight is 279 g/mol. The summed E-state index contributed by atoms with van der Waals surface area (Å²) < 4.78 is 5.71. The molecule has 1 aromatic carbocycles. The van der Waals surface area contributed by atoms with Gasteiger partial charge < -0.3 is 10.1 Å². The maximum absolute atomic E-state index is 6.17. The Bertz CT molecular complexity index is 570. The van der Waals surface area contributed by atoms with E-state index >= 15 is 0 Å². The fraction of sp³-hybridized carbons (Fsp3) is 0.385. The average Bonchev–Trinajstić information content (AvgIpc) is 3.05. The molecular formula is C13H15ClN4O. The molecule has 1 unspecified atom stereocenters. The maximum Gasteiger partial charge on any atom is 0.141 e. The fourth-order valence-corrected chi connectivity index (χ4v) is 2.70. The Hall–Kier alpha value is -1.59. The largest absolute Gasteiger partial charge is 0.493 e. The lowest BCUT2D eigenvalue weighted by Crippen LogP contribution is -2.20. The van der Waals surface area contributed by atoms with E-state index in [1.165, 1.54) is 11.9 Å². The zero-order chi connectivity index (χ0) is 13.2. The zero-order valence-electron chi connectivity index (χ0n) is 10.6. The van der Waals surface area contributed by atoms with Crippen LogP contribution in [0, 0.1) is 0 Å². The van der Waals surface area contributed by atoms with Crippen LogP contribution < -0.4 is 10.1 Å². The van der Waals surface area contributed by atoms with Gasteiger partial charge in [0.05, 0.1) is 12.6 Å². The number of fused-ring (bicyclic) bond motifs is 1. The molecule has 0 amide bonds. The van der Waals surface area contributed by atoms with Crippen molar-refractivity contribution >= 4 is 11.6 Å². The topological polar surface area (TPSA) is 62.8 Å². The first kappa shape index (κ1) is 12.4. The second-order valence-electron chi connectivity index (χ2n) is 4.57. The van der Waals surface area contributed by atoms with E-state index in [9.17, 15) is 0 Å². The molecule has 1 atom stereocenters. The summed E-state index contributed by atoms with van der Waals surface area (Å²) in [6, 6.07) is 4.01. The molecule has 0 radical (unpaired) electrons.